The Bertz CT molecular complexity index is 684. The molecular weight excluding hydrogens is 284 g/mol. The number of hydrogen-bond acceptors (Lipinski definition) is 4. The quantitative estimate of drug-likeness (QED) is 0.509. The molecule has 6 heteroatoms. The Morgan fingerprint density at radius 3 is 2.62 bits per heavy atom. The molecule has 1 atom stereocenters. The predicted octanol–water partition coefficient (Wildman–Crippen LogP) is 4.21. The number of aromatic nitrogens is 1. The third-order valence-corrected chi connectivity index (χ3v) is 4.50. The summed E-state index contributed by atoms with van der Waals surface area (Å²) in [7, 11) is 0. The fourth-order valence-corrected chi connectivity index (χ4v) is 3.08. The SMILES string of the molecule is C=C(CC(O)(c1ccccc1)c1nc(C)c(C)s1)N=[N+]=[N-]. The summed E-state index contributed by atoms with van der Waals surface area (Å²) in [5.74, 6) is 0. The van der Waals surface area contributed by atoms with E-state index >= 15 is 0 Å². The zero-order chi connectivity index (χ0) is 15.5. The van der Waals surface area contributed by atoms with Gasteiger partial charge >= 0.3 is 0 Å². The van der Waals surface area contributed by atoms with Crippen LogP contribution in [0.1, 0.15) is 27.6 Å². The van der Waals surface area contributed by atoms with Crippen LogP contribution >= 0.6 is 11.3 Å². The first kappa shape index (κ1) is 15.3. The molecule has 0 aliphatic carbocycles. The minimum atomic E-state index is -1.34. The van der Waals surface area contributed by atoms with Gasteiger partial charge in [-0.1, -0.05) is 42.0 Å². The van der Waals surface area contributed by atoms with Gasteiger partial charge in [0.2, 0.25) is 0 Å². The molecule has 5 nitrogen and oxygen atoms in total. The zero-order valence-corrected chi connectivity index (χ0v) is 12.8. The molecule has 1 aromatic carbocycles. The molecule has 2 rings (SSSR count). The van der Waals surface area contributed by atoms with Crippen molar-refractivity contribution in [2.45, 2.75) is 25.9 Å². The van der Waals surface area contributed by atoms with Crippen molar-refractivity contribution in [3.8, 4) is 0 Å². The maximum Gasteiger partial charge on any atom is 0.145 e. The average Bonchev–Trinajstić information content (AvgIpc) is 2.80. The normalized spacial score (nSPS) is 13.3. The lowest BCUT2D eigenvalue weighted by atomic mass is 9.90. The van der Waals surface area contributed by atoms with Crippen LogP contribution in [0.5, 0.6) is 0 Å². The minimum Gasteiger partial charge on any atom is -0.378 e. The van der Waals surface area contributed by atoms with Gasteiger partial charge in [0, 0.05) is 21.9 Å². The first-order valence-corrected chi connectivity index (χ1v) is 7.24. The van der Waals surface area contributed by atoms with Gasteiger partial charge in [-0.2, -0.15) is 0 Å². The van der Waals surface area contributed by atoms with Gasteiger partial charge in [-0.25, -0.2) is 4.98 Å². The summed E-state index contributed by atoms with van der Waals surface area (Å²) in [6, 6.07) is 9.24. The van der Waals surface area contributed by atoms with Crippen molar-refractivity contribution >= 4 is 11.3 Å². The number of aryl methyl sites for hydroxylation is 2. The number of rotatable bonds is 5. The first-order valence-electron chi connectivity index (χ1n) is 6.42. The molecule has 2 aromatic rings. The summed E-state index contributed by atoms with van der Waals surface area (Å²) < 4.78 is 0. The molecule has 0 amide bonds. The molecule has 0 bridgehead atoms. The Morgan fingerprint density at radius 1 is 1.43 bits per heavy atom. The molecule has 1 aromatic heterocycles. The maximum atomic E-state index is 11.2. The number of thiazole rings is 1. The van der Waals surface area contributed by atoms with Crippen LogP contribution < -0.4 is 0 Å². The smallest absolute Gasteiger partial charge is 0.145 e. The monoisotopic (exact) mass is 300 g/mol. The standard InChI is InChI=1S/C15H16N4OS/c1-10(18-19-16)9-15(20,13-7-5-4-6-8-13)14-17-11(2)12(3)21-14/h4-8,20H,1,9H2,2-3H3. The molecule has 0 saturated carbocycles. The van der Waals surface area contributed by atoms with E-state index in [9.17, 15) is 5.11 Å². The average molecular weight is 300 g/mol. The van der Waals surface area contributed by atoms with Crippen molar-refractivity contribution in [2.24, 2.45) is 5.11 Å². The lowest BCUT2D eigenvalue weighted by molar-refractivity contribution is 0.0804. The van der Waals surface area contributed by atoms with Crippen LogP contribution in [-0.2, 0) is 5.60 Å². The Hall–Kier alpha value is -2.14. The minimum absolute atomic E-state index is 0.105. The number of azide groups is 1. The molecule has 21 heavy (non-hydrogen) atoms. The molecule has 0 spiro atoms. The Morgan fingerprint density at radius 2 is 2.10 bits per heavy atom. The van der Waals surface area contributed by atoms with Gasteiger partial charge in [0.15, 0.2) is 0 Å². The fraction of sp³-hybridized carbons (Fsp3) is 0.267. The highest BCUT2D eigenvalue weighted by atomic mass is 32.1. The number of nitrogens with zero attached hydrogens (tertiary/aromatic N) is 4. The molecule has 0 radical (unpaired) electrons. The van der Waals surface area contributed by atoms with Gasteiger partial charge < -0.3 is 5.11 Å². The second-order valence-corrected chi connectivity index (χ2v) is 6.02. The summed E-state index contributed by atoms with van der Waals surface area (Å²) in [5, 5.41) is 15.3. The highest BCUT2D eigenvalue weighted by molar-refractivity contribution is 7.11. The molecule has 0 aliphatic heterocycles. The Kier molecular flexibility index (Phi) is 4.43. The molecule has 1 unspecified atom stereocenters. The molecule has 0 saturated heterocycles. The van der Waals surface area contributed by atoms with Gasteiger partial charge in [0.1, 0.15) is 10.6 Å². The third kappa shape index (κ3) is 3.13. The van der Waals surface area contributed by atoms with Gasteiger partial charge in [-0.3, -0.25) is 0 Å². The first-order chi connectivity index (χ1) is 9.97. The Balaban J connectivity index is 2.53. The van der Waals surface area contributed by atoms with Crippen molar-refractivity contribution in [3.05, 3.63) is 74.2 Å². The summed E-state index contributed by atoms with van der Waals surface area (Å²) in [6.45, 7) is 7.57. The highest BCUT2D eigenvalue weighted by Crippen LogP contribution is 2.38. The van der Waals surface area contributed by atoms with E-state index < -0.39 is 5.60 Å². The van der Waals surface area contributed by atoms with Crippen LogP contribution in [-0.4, -0.2) is 10.1 Å². The van der Waals surface area contributed by atoms with E-state index in [0.717, 1.165) is 10.6 Å². The lowest BCUT2D eigenvalue weighted by Crippen LogP contribution is -2.27. The second-order valence-electron chi connectivity index (χ2n) is 4.82. The van der Waals surface area contributed by atoms with Crippen molar-refractivity contribution in [1.82, 2.24) is 4.98 Å². The van der Waals surface area contributed by atoms with E-state index in [4.69, 9.17) is 5.53 Å². The molecule has 1 heterocycles. The van der Waals surface area contributed by atoms with Gasteiger partial charge in [-0.15, -0.1) is 11.3 Å². The zero-order valence-electron chi connectivity index (χ0n) is 11.9. The predicted molar refractivity (Wildman–Crippen MR) is 83.9 cm³/mol. The van der Waals surface area contributed by atoms with E-state index in [2.05, 4.69) is 21.6 Å². The third-order valence-electron chi connectivity index (χ3n) is 3.28. The molecule has 0 fully saturated rings. The molecular formula is C15H16N4OS. The molecule has 108 valence electrons. The van der Waals surface area contributed by atoms with Crippen LogP contribution in [0, 0.1) is 13.8 Å². The summed E-state index contributed by atoms with van der Waals surface area (Å²) in [5.41, 5.74) is 9.05. The number of aliphatic hydroxyl groups is 1. The van der Waals surface area contributed by atoms with Crippen molar-refractivity contribution < 1.29 is 5.11 Å². The molecule has 1 N–H and O–H groups in total. The topological polar surface area (TPSA) is 81.9 Å². The van der Waals surface area contributed by atoms with E-state index in [1.54, 1.807) is 0 Å². The van der Waals surface area contributed by atoms with E-state index in [1.807, 2.05) is 44.2 Å². The van der Waals surface area contributed by atoms with E-state index in [-0.39, 0.29) is 12.1 Å². The van der Waals surface area contributed by atoms with Gasteiger partial charge in [0.05, 0.1) is 5.69 Å². The van der Waals surface area contributed by atoms with Gasteiger partial charge in [-0.05, 0) is 24.9 Å². The molecule has 0 aliphatic rings. The summed E-state index contributed by atoms with van der Waals surface area (Å²) in [4.78, 5) is 8.24. The van der Waals surface area contributed by atoms with Crippen LogP contribution in [0.3, 0.4) is 0 Å². The van der Waals surface area contributed by atoms with E-state index in [0.29, 0.717) is 10.6 Å². The second kappa shape index (κ2) is 6.10. The summed E-state index contributed by atoms with van der Waals surface area (Å²) >= 11 is 1.44. The van der Waals surface area contributed by atoms with Crippen molar-refractivity contribution in [3.63, 3.8) is 0 Å². The highest BCUT2D eigenvalue weighted by Gasteiger charge is 2.35. The largest absolute Gasteiger partial charge is 0.378 e. The van der Waals surface area contributed by atoms with Crippen molar-refractivity contribution in [2.75, 3.05) is 0 Å². The number of benzene rings is 1. The maximum absolute atomic E-state index is 11.2. The van der Waals surface area contributed by atoms with Crippen LogP contribution in [0.2, 0.25) is 0 Å². The lowest BCUT2D eigenvalue weighted by Gasteiger charge is -2.26. The van der Waals surface area contributed by atoms with Crippen molar-refractivity contribution in [1.29, 1.82) is 0 Å². The summed E-state index contributed by atoms with van der Waals surface area (Å²) in [6.07, 6.45) is 0.105. The van der Waals surface area contributed by atoms with Crippen LogP contribution in [0.25, 0.3) is 10.4 Å². The van der Waals surface area contributed by atoms with Crippen LogP contribution in [0.4, 0.5) is 0 Å². The van der Waals surface area contributed by atoms with E-state index in [1.165, 1.54) is 11.3 Å². The Labute approximate surface area is 127 Å². The number of hydrogen-bond donors (Lipinski definition) is 1. The van der Waals surface area contributed by atoms with Crippen LogP contribution in [0.15, 0.2) is 47.7 Å². The fourth-order valence-electron chi connectivity index (χ4n) is 2.06. The van der Waals surface area contributed by atoms with Gasteiger partial charge in [0.25, 0.3) is 0 Å².